The number of carbonyl (C=O) groups excluding carboxylic acids is 1. The van der Waals surface area contributed by atoms with E-state index < -0.39 is 11.5 Å². The van der Waals surface area contributed by atoms with Crippen molar-refractivity contribution in [1.82, 2.24) is 10.2 Å². The molecular formula is C13H24N2O3. The molecule has 1 atom stereocenters. The molecule has 5 heteroatoms. The molecule has 0 saturated carbocycles. The summed E-state index contributed by atoms with van der Waals surface area (Å²) in [7, 11) is 0. The maximum absolute atomic E-state index is 11.9. The summed E-state index contributed by atoms with van der Waals surface area (Å²) in [6.45, 7) is 8.46. The van der Waals surface area contributed by atoms with Gasteiger partial charge in [0.05, 0.1) is 6.54 Å². The van der Waals surface area contributed by atoms with Gasteiger partial charge in [-0.2, -0.15) is 0 Å². The van der Waals surface area contributed by atoms with Crippen LogP contribution >= 0.6 is 0 Å². The van der Waals surface area contributed by atoms with Crippen LogP contribution in [0.4, 0.5) is 0 Å². The molecule has 2 N–H and O–H groups in total. The lowest BCUT2D eigenvalue weighted by atomic mass is 9.93. The van der Waals surface area contributed by atoms with Crippen LogP contribution in [0, 0.1) is 0 Å². The molecule has 0 aliphatic carbocycles. The highest BCUT2D eigenvalue weighted by atomic mass is 16.4. The molecule has 1 unspecified atom stereocenters. The van der Waals surface area contributed by atoms with E-state index in [0.717, 1.165) is 6.42 Å². The molecule has 0 aromatic heterocycles. The minimum absolute atomic E-state index is 0.108. The van der Waals surface area contributed by atoms with Crippen molar-refractivity contribution in [2.75, 3.05) is 13.1 Å². The highest BCUT2D eigenvalue weighted by Gasteiger charge is 2.46. The summed E-state index contributed by atoms with van der Waals surface area (Å²) in [6, 6.07) is 0. The van der Waals surface area contributed by atoms with E-state index in [1.165, 1.54) is 0 Å². The molecule has 1 aliphatic heterocycles. The smallest absolute Gasteiger partial charge is 0.324 e. The van der Waals surface area contributed by atoms with Crippen molar-refractivity contribution in [2.24, 2.45) is 0 Å². The third kappa shape index (κ3) is 3.22. The molecule has 1 aliphatic rings. The zero-order valence-electron chi connectivity index (χ0n) is 11.7. The van der Waals surface area contributed by atoms with Crippen LogP contribution in [0.3, 0.4) is 0 Å². The Bertz CT molecular complexity index is 336. The van der Waals surface area contributed by atoms with Crippen LogP contribution in [0.5, 0.6) is 0 Å². The van der Waals surface area contributed by atoms with Crippen molar-refractivity contribution < 1.29 is 14.7 Å². The average Bonchev–Trinajstić information content (AvgIpc) is 2.58. The predicted molar refractivity (Wildman–Crippen MR) is 69.4 cm³/mol. The van der Waals surface area contributed by atoms with Gasteiger partial charge >= 0.3 is 5.97 Å². The Balaban J connectivity index is 2.71. The molecule has 5 nitrogen and oxygen atoms in total. The second kappa shape index (κ2) is 5.26. The van der Waals surface area contributed by atoms with E-state index in [1.54, 1.807) is 4.90 Å². The summed E-state index contributed by atoms with van der Waals surface area (Å²) in [5.74, 6) is -0.922. The lowest BCUT2D eigenvalue weighted by Gasteiger charge is -2.34. The van der Waals surface area contributed by atoms with Gasteiger partial charge < -0.3 is 10.4 Å². The number of aliphatic carboxylic acids is 1. The molecule has 1 rings (SSSR count). The van der Waals surface area contributed by atoms with Crippen molar-refractivity contribution in [3.8, 4) is 0 Å². The number of carboxylic acid groups (broad SMARTS) is 1. The fourth-order valence-corrected chi connectivity index (χ4v) is 2.59. The minimum Gasteiger partial charge on any atom is -0.480 e. The first kappa shape index (κ1) is 15.0. The van der Waals surface area contributed by atoms with Crippen LogP contribution in [0.2, 0.25) is 0 Å². The standard InChI is InChI=1S/C13H24N2O3/c1-5-13(11(17)18)7-6-8-15(13)9-10(16)14-12(2,3)4/h5-9H2,1-4H3,(H,14,16)(H,17,18). The molecule has 0 spiro atoms. The molecule has 0 radical (unpaired) electrons. The number of hydrogen-bond acceptors (Lipinski definition) is 3. The molecular weight excluding hydrogens is 232 g/mol. The topological polar surface area (TPSA) is 69.6 Å². The minimum atomic E-state index is -0.852. The molecule has 1 amide bonds. The average molecular weight is 256 g/mol. The van der Waals surface area contributed by atoms with Crippen molar-refractivity contribution in [2.45, 2.75) is 58.0 Å². The summed E-state index contributed by atoms with van der Waals surface area (Å²) >= 11 is 0. The number of rotatable bonds is 4. The lowest BCUT2D eigenvalue weighted by molar-refractivity contribution is -0.150. The number of likely N-dealkylation sites (tertiary alicyclic amines) is 1. The van der Waals surface area contributed by atoms with Crippen molar-refractivity contribution in [1.29, 1.82) is 0 Å². The van der Waals surface area contributed by atoms with E-state index in [-0.39, 0.29) is 18.0 Å². The monoisotopic (exact) mass is 256 g/mol. The highest BCUT2D eigenvalue weighted by molar-refractivity contribution is 5.83. The number of nitrogens with zero attached hydrogens (tertiary/aromatic N) is 1. The van der Waals surface area contributed by atoms with Gasteiger partial charge in [-0.15, -0.1) is 0 Å². The Hall–Kier alpha value is -1.10. The Labute approximate surface area is 109 Å². The van der Waals surface area contributed by atoms with Crippen molar-refractivity contribution >= 4 is 11.9 Å². The zero-order valence-corrected chi connectivity index (χ0v) is 11.7. The maximum atomic E-state index is 11.9. The molecule has 18 heavy (non-hydrogen) atoms. The predicted octanol–water partition coefficient (Wildman–Crippen LogP) is 1.23. The van der Waals surface area contributed by atoms with Gasteiger partial charge in [-0.25, -0.2) is 0 Å². The second-order valence-corrected chi connectivity index (χ2v) is 6.01. The Morgan fingerprint density at radius 2 is 2.00 bits per heavy atom. The van der Waals surface area contributed by atoms with Crippen LogP contribution in [0.25, 0.3) is 0 Å². The Morgan fingerprint density at radius 3 is 2.44 bits per heavy atom. The molecule has 1 fully saturated rings. The maximum Gasteiger partial charge on any atom is 0.324 e. The molecule has 1 saturated heterocycles. The van der Waals surface area contributed by atoms with E-state index in [0.29, 0.717) is 19.4 Å². The zero-order chi connectivity index (χ0) is 14.0. The summed E-state index contributed by atoms with van der Waals surface area (Å²) < 4.78 is 0. The third-order valence-electron chi connectivity index (χ3n) is 3.46. The summed E-state index contributed by atoms with van der Waals surface area (Å²) in [5.41, 5.74) is -1.13. The van der Waals surface area contributed by atoms with Gasteiger partial charge in [0.15, 0.2) is 0 Å². The normalized spacial score (nSPS) is 25.1. The Morgan fingerprint density at radius 1 is 1.39 bits per heavy atom. The number of nitrogens with one attached hydrogen (secondary N) is 1. The van der Waals surface area contributed by atoms with E-state index >= 15 is 0 Å². The second-order valence-electron chi connectivity index (χ2n) is 6.01. The first-order valence-electron chi connectivity index (χ1n) is 6.51. The lowest BCUT2D eigenvalue weighted by Crippen LogP contribution is -2.54. The number of amides is 1. The van der Waals surface area contributed by atoms with Gasteiger partial charge in [-0.1, -0.05) is 6.92 Å². The van der Waals surface area contributed by atoms with E-state index in [1.807, 2.05) is 27.7 Å². The quantitative estimate of drug-likeness (QED) is 0.793. The van der Waals surface area contributed by atoms with Crippen molar-refractivity contribution in [3.05, 3.63) is 0 Å². The van der Waals surface area contributed by atoms with Crippen LogP contribution in [-0.2, 0) is 9.59 Å². The van der Waals surface area contributed by atoms with Crippen molar-refractivity contribution in [3.63, 3.8) is 0 Å². The number of hydrogen-bond donors (Lipinski definition) is 2. The van der Waals surface area contributed by atoms with Gasteiger partial charge in [0.1, 0.15) is 5.54 Å². The van der Waals surface area contributed by atoms with Crippen LogP contribution in [0.1, 0.15) is 47.0 Å². The molecule has 0 aromatic rings. The summed E-state index contributed by atoms with van der Waals surface area (Å²) in [4.78, 5) is 25.2. The SMILES string of the molecule is CCC1(C(=O)O)CCCN1CC(=O)NC(C)(C)C. The third-order valence-corrected chi connectivity index (χ3v) is 3.46. The largest absolute Gasteiger partial charge is 0.480 e. The van der Waals surface area contributed by atoms with Crippen LogP contribution in [-0.4, -0.2) is 46.1 Å². The first-order chi connectivity index (χ1) is 8.21. The van der Waals surface area contributed by atoms with Gasteiger partial charge in [-0.05, 0) is 46.6 Å². The molecule has 104 valence electrons. The Kier molecular flexibility index (Phi) is 4.37. The van der Waals surface area contributed by atoms with Gasteiger partial charge in [-0.3, -0.25) is 14.5 Å². The van der Waals surface area contributed by atoms with Crippen LogP contribution < -0.4 is 5.32 Å². The fraction of sp³-hybridized carbons (Fsp3) is 0.846. The van der Waals surface area contributed by atoms with Gasteiger partial charge in [0.2, 0.25) is 5.91 Å². The fourth-order valence-electron chi connectivity index (χ4n) is 2.59. The van der Waals surface area contributed by atoms with E-state index in [2.05, 4.69) is 5.32 Å². The molecule has 0 bridgehead atoms. The number of carbonyl (C=O) groups is 2. The van der Waals surface area contributed by atoms with Gasteiger partial charge in [0.25, 0.3) is 0 Å². The van der Waals surface area contributed by atoms with Crippen LogP contribution in [0.15, 0.2) is 0 Å². The van der Waals surface area contributed by atoms with E-state index in [9.17, 15) is 14.7 Å². The first-order valence-corrected chi connectivity index (χ1v) is 6.51. The number of carboxylic acids is 1. The van der Waals surface area contributed by atoms with E-state index in [4.69, 9.17) is 0 Å². The summed E-state index contributed by atoms with van der Waals surface area (Å²) in [6.07, 6.45) is 2.00. The summed E-state index contributed by atoms with van der Waals surface area (Å²) in [5, 5.41) is 12.3. The molecule has 0 aromatic carbocycles. The van der Waals surface area contributed by atoms with Gasteiger partial charge in [0, 0.05) is 5.54 Å². The molecule has 1 heterocycles. The highest BCUT2D eigenvalue weighted by Crippen LogP contribution is 2.32.